The van der Waals surface area contributed by atoms with E-state index in [4.69, 9.17) is 9.90 Å². The number of benzene rings is 2. The Balaban J connectivity index is 0.000000361. The second-order valence-electron chi connectivity index (χ2n) is 4.56. The molecule has 2 aromatic carbocycles. The highest BCUT2D eigenvalue weighted by atomic mass is 16.4. The number of aliphatic carboxylic acids is 1. The largest absolute Gasteiger partial charge is 0.481 e. The quantitative estimate of drug-likeness (QED) is 0.870. The smallest absolute Gasteiger partial charge is 0.300 e. The van der Waals surface area contributed by atoms with Crippen LogP contribution < -0.4 is 0 Å². The molecular formula is C17H15NO3. The lowest BCUT2D eigenvalue weighted by atomic mass is 9.96. The van der Waals surface area contributed by atoms with Crippen LogP contribution in [0.25, 0.3) is 0 Å². The Kier molecular flexibility index (Phi) is 4.61. The first-order valence-electron chi connectivity index (χ1n) is 6.52. The van der Waals surface area contributed by atoms with Gasteiger partial charge in [-0.25, -0.2) is 0 Å². The van der Waals surface area contributed by atoms with Gasteiger partial charge in [0.2, 0.25) is 0 Å². The van der Waals surface area contributed by atoms with Gasteiger partial charge in [0.05, 0.1) is 17.8 Å². The van der Waals surface area contributed by atoms with Crippen molar-refractivity contribution in [3.63, 3.8) is 0 Å². The molecule has 1 aliphatic rings. The third kappa shape index (κ3) is 3.86. The maximum Gasteiger partial charge on any atom is 0.300 e. The van der Waals surface area contributed by atoms with Crippen LogP contribution in [-0.2, 0) is 4.79 Å². The SMILES string of the molecule is CC(=O)O.O=C1CC(c2ccccc2)=Nc2ccccc21. The van der Waals surface area contributed by atoms with Crippen molar-refractivity contribution in [2.24, 2.45) is 4.99 Å². The number of rotatable bonds is 1. The van der Waals surface area contributed by atoms with Crippen LogP contribution in [-0.4, -0.2) is 22.6 Å². The van der Waals surface area contributed by atoms with Crippen LogP contribution in [0.15, 0.2) is 59.6 Å². The summed E-state index contributed by atoms with van der Waals surface area (Å²) in [7, 11) is 0. The molecule has 0 fully saturated rings. The minimum absolute atomic E-state index is 0.148. The summed E-state index contributed by atoms with van der Waals surface area (Å²) in [4.78, 5) is 25.6. The maximum absolute atomic E-state index is 12.0. The average Bonchev–Trinajstić information content (AvgIpc) is 2.47. The van der Waals surface area contributed by atoms with Crippen LogP contribution in [0, 0.1) is 0 Å². The molecule has 2 aromatic rings. The topological polar surface area (TPSA) is 66.7 Å². The van der Waals surface area contributed by atoms with Crippen LogP contribution in [0.4, 0.5) is 5.69 Å². The van der Waals surface area contributed by atoms with E-state index in [0.717, 1.165) is 29.4 Å². The van der Waals surface area contributed by atoms with Gasteiger partial charge in [-0.15, -0.1) is 0 Å². The van der Waals surface area contributed by atoms with E-state index in [2.05, 4.69) is 4.99 Å². The molecular weight excluding hydrogens is 266 g/mol. The number of aliphatic imine (C=N–C) groups is 1. The molecule has 21 heavy (non-hydrogen) atoms. The van der Waals surface area contributed by atoms with Gasteiger partial charge in [-0.3, -0.25) is 14.6 Å². The van der Waals surface area contributed by atoms with Gasteiger partial charge in [-0.1, -0.05) is 42.5 Å². The second-order valence-corrected chi connectivity index (χ2v) is 4.56. The molecule has 0 aromatic heterocycles. The van der Waals surface area contributed by atoms with Crippen LogP contribution in [0.3, 0.4) is 0 Å². The van der Waals surface area contributed by atoms with E-state index in [0.29, 0.717) is 6.42 Å². The Morgan fingerprint density at radius 3 is 2.29 bits per heavy atom. The van der Waals surface area contributed by atoms with Crippen molar-refractivity contribution >= 4 is 23.2 Å². The zero-order valence-electron chi connectivity index (χ0n) is 11.6. The Labute approximate surface area is 122 Å². The number of carbonyl (C=O) groups excluding carboxylic acids is 1. The summed E-state index contributed by atoms with van der Waals surface area (Å²) in [6.07, 6.45) is 0.390. The van der Waals surface area contributed by atoms with Gasteiger partial charge in [0.25, 0.3) is 5.97 Å². The van der Waals surface area contributed by atoms with E-state index >= 15 is 0 Å². The molecule has 0 radical (unpaired) electrons. The molecule has 0 saturated carbocycles. The molecule has 0 bridgehead atoms. The molecule has 0 unspecified atom stereocenters. The fourth-order valence-electron chi connectivity index (χ4n) is 2.04. The minimum Gasteiger partial charge on any atom is -0.481 e. The number of hydrogen-bond donors (Lipinski definition) is 1. The number of hydrogen-bond acceptors (Lipinski definition) is 3. The third-order valence-corrected chi connectivity index (χ3v) is 2.89. The monoisotopic (exact) mass is 281 g/mol. The van der Waals surface area contributed by atoms with Gasteiger partial charge in [0.1, 0.15) is 0 Å². The zero-order valence-corrected chi connectivity index (χ0v) is 11.6. The van der Waals surface area contributed by atoms with Crippen molar-refractivity contribution in [2.45, 2.75) is 13.3 Å². The zero-order chi connectivity index (χ0) is 15.2. The lowest BCUT2D eigenvalue weighted by molar-refractivity contribution is -0.134. The van der Waals surface area contributed by atoms with Crippen molar-refractivity contribution in [2.75, 3.05) is 0 Å². The highest BCUT2D eigenvalue weighted by Crippen LogP contribution is 2.27. The summed E-state index contributed by atoms with van der Waals surface area (Å²) in [6, 6.07) is 17.4. The van der Waals surface area contributed by atoms with Crippen molar-refractivity contribution in [3.05, 3.63) is 65.7 Å². The number of ketones is 1. The molecule has 1 N–H and O–H groups in total. The van der Waals surface area contributed by atoms with E-state index in [-0.39, 0.29) is 5.78 Å². The van der Waals surface area contributed by atoms with Gasteiger partial charge < -0.3 is 5.11 Å². The first-order valence-corrected chi connectivity index (χ1v) is 6.52. The fraction of sp³-hybridized carbons (Fsp3) is 0.118. The average molecular weight is 281 g/mol. The molecule has 4 heteroatoms. The Morgan fingerprint density at radius 1 is 1.05 bits per heavy atom. The lowest BCUT2D eigenvalue weighted by Crippen LogP contribution is -2.14. The molecule has 0 atom stereocenters. The number of carbonyl (C=O) groups is 2. The number of para-hydroxylation sites is 1. The Morgan fingerprint density at radius 2 is 1.62 bits per heavy atom. The van der Waals surface area contributed by atoms with E-state index in [1.54, 1.807) is 0 Å². The molecule has 4 nitrogen and oxygen atoms in total. The predicted molar refractivity (Wildman–Crippen MR) is 81.3 cm³/mol. The molecule has 106 valence electrons. The van der Waals surface area contributed by atoms with Gasteiger partial charge in [0, 0.05) is 12.5 Å². The van der Waals surface area contributed by atoms with Crippen LogP contribution >= 0.6 is 0 Å². The van der Waals surface area contributed by atoms with Crippen molar-refractivity contribution in [3.8, 4) is 0 Å². The summed E-state index contributed by atoms with van der Waals surface area (Å²) >= 11 is 0. The molecule has 1 aliphatic heterocycles. The van der Waals surface area contributed by atoms with E-state index in [1.165, 1.54) is 0 Å². The highest BCUT2D eigenvalue weighted by molar-refractivity contribution is 6.20. The number of nitrogens with zero attached hydrogens (tertiary/aromatic N) is 1. The molecule has 0 saturated heterocycles. The second kappa shape index (κ2) is 6.61. The fourth-order valence-corrected chi connectivity index (χ4v) is 2.04. The van der Waals surface area contributed by atoms with E-state index in [9.17, 15) is 4.79 Å². The van der Waals surface area contributed by atoms with Gasteiger partial charge >= 0.3 is 0 Å². The molecule has 3 rings (SSSR count). The molecule has 1 heterocycles. The van der Waals surface area contributed by atoms with Crippen LogP contribution in [0.2, 0.25) is 0 Å². The standard InChI is InChI=1S/C15H11NO.C2H4O2/c17-15-10-14(11-6-2-1-3-7-11)16-13-9-5-4-8-12(13)15;1-2(3)4/h1-9H,10H2;1H3,(H,3,4). The van der Waals surface area contributed by atoms with E-state index < -0.39 is 5.97 Å². The molecule has 0 aliphatic carbocycles. The summed E-state index contributed by atoms with van der Waals surface area (Å²) < 4.78 is 0. The van der Waals surface area contributed by atoms with Crippen molar-refractivity contribution in [1.29, 1.82) is 0 Å². The summed E-state index contributed by atoms with van der Waals surface area (Å²) in [5.74, 6) is -0.686. The first kappa shape index (κ1) is 14.7. The van der Waals surface area contributed by atoms with Crippen LogP contribution in [0.5, 0.6) is 0 Å². The summed E-state index contributed by atoms with van der Waals surface area (Å²) in [5.41, 5.74) is 3.39. The highest BCUT2D eigenvalue weighted by Gasteiger charge is 2.19. The predicted octanol–water partition coefficient (Wildman–Crippen LogP) is 3.48. The molecule has 0 spiro atoms. The first-order chi connectivity index (χ1) is 10.1. The van der Waals surface area contributed by atoms with Gasteiger partial charge in [-0.2, -0.15) is 0 Å². The van der Waals surface area contributed by atoms with Crippen LogP contribution in [0.1, 0.15) is 29.3 Å². The maximum atomic E-state index is 12.0. The van der Waals surface area contributed by atoms with Crippen molar-refractivity contribution < 1.29 is 14.7 Å². The summed E-state index contributed by atoms with van der Waals surface area (Å²) in [5, 5.41) is 7.42. The van der Waals surface area contributed by atoms with Gasteiger partial charge in [-0.05, 0) is 17.7 Å². The van der Waals surface area contributed by atoms with Crippen molar-refractivity contribution in [1.82, 2.24) is 0 Å². The number of fused-ring (bicyclic) bond motifs is 1. The van der Waals surface area contributed by atoms with E-state index in [1.807, 2.05) is 54.6 Å². The minimum atomic E-state index is -0.833. The number of Topliss-reactive ketones (excluding diaryl/α,β-unsaturated/α-hetero) is 1. The Hall–Kier alpha value is -2.75. The Bertz CT molecular complexity index is 686. The number of carboxylic acids is 1. The third-order valence-electron chi connectivity index (χ3n) is 2.89. The lowest BCUT2D eigenvalue weighted by Gasteiger charge is -2.14. The molecule has 0 amide bonds. The van der Waals surface area contributed by atoms with Gasteiger partial charge in [0.15, 0.2) is 5.78 Å². The normalized spacial score (nSPS) is 12.6. The summed E-state index contributed by atoms with van der Waals surface area (Å²) in [6.45, 7) is 1.08. The number of carboxylic acid groups (broad SMARTS) is 1.